The molecule has 3 nitrogen and oxygen atoms in total. The largest absolute Gasteiger partial charge is 0.327 e. The van der Waals surface area contributed by atoms with Crippen LogP contribution in [0, 0.1) is 5.41 Å². The molecule has 1 fully saturated rings. The summed E-state index contributed by atoms with van der Waals surface area (Å²) in [6.45, 7) is 7.70. The van der Waals surface area contributed by atoms with Crippen LogP contribution >= 0.6 is 0 Å². The van der Waals surface area contributed by atoms with E-state index in [0.29, 0.717) is 6.04 Å². The van der Waals surface area contributed by atoms with Gasteiger partial charge >= 0.3 is 0 Å². The Balaban J connectivity index is 1.74. The molecule has 0 spiro atoms. The summed E-state index contributed by atoms with van der Waals surface area (Å²) in [5, 5.41) is 0. The highest BCUT2D eigenvalue weighted by Gasteiger charge is 2.33. The Hall–Kier alpha value is -1.71. The fourth-order valence-electron chi connectivity index (χ4n) is 3.27. The summed E-state index contributed by atoms with van der Waals surface area (Å²) in [6, 6.07) is 13.2. The van der Waals surface area contributed by atoms with Crippen LogP contribution in [0.15, 0.2) is 48.8 Å². The number of nitrogens with zero attached hydrogens (tertiary/aromatic N) is 2. The predicted molar refractivity (Wildman–Crippen MR) is 91.3 cm³/mol. The molecule has 0 radical (unpaired) electrons. The lowest BCUT2D eigenvalue weighted by Crippen LogP contribution is -2.52. The Kier molecular flexibility index (Phi) is 4.27. The fraction of sp³-hybridized carbons (Fsp3) is 0.421. The minimum Gasteiger partial charge on any atom is -0.327 e. The molecule has 0 aliphatic carbocycles. The van der Waals surface area contributed by atoms with Crippen molar-refractivity contribution in [1.29, 1.82) is 0 Å². The summed E-state index contributed by atoms with van der Waals surface area (Å²) in [7, 11) is 0. The number of hydrogen-bond donors (Lipinski definition) is 1. The van der Waals surface area contributed by atoms with Crippen molar-refractivity contribution in [2.45, 2.75) is 32.9 Å². The standard InChI is InChI=1S/C19H25N3/c1-19(2)14-22(11-8-18(19)20)13-15-4-3-5-17(12-15)16-6-9-21-10-7-16/h3-7,9-10,12,18H,8,11,13-14,20H2,1-2H3. The highest BCUT2D eigenvalue weighted by Crippen LogP contribution is 2.29. The van der Waals surface area contributed by atoms with Gasteiger partial charge in [0.2, 0.25) is 0 Å². The lowest BCUT2D eigenvalue weighted by molar-refractivity contribution is 0.0899. The second kappa shape index (κ2) is 6.19. The van der Waals surface area contributed by atoms with Crippen molar-refractivity contribution >= 4 is 0 Å². The number of aromatic nitrogens is 1. The molecule has 2 aromatic rings. The first-order valence-electron chi connectivity index (χ1n) is 8.02. The minimum absolute atomic E-state index is 0.195. The third-order valence-corrected chi connectivity index (χ3v) is 4.74. The zero-order valence-corrected chi connectivity index (χ0v) is 13.5. The molecule has 2 N–H and O–H groups in total. The molecule has 1 aromatic carbocycles. The average molecular weight is 295 g/mol. The van der Waals surface area contributed by atoms with Crippen molar-refractivity contribution < 1.29 is 0 Å². The van der Waals surface area contributed by atoms with Gasteiger partial charge in [-0.05, 0) is 46.7 Å². The molecule has 2 heterocycles. The average Bonchev–Trinajstić information content (AvgIpc) is 2.52. The quantitative estimate of drug-likeness (QED) is 0.944. The SMILES string of the molecule is CC1(C)CN(Cc2cccc(-c3ccncc3)c2)CCC1N. The van der Waals surface area contributed by atoms with Crippen molar-refractivity contribution in [3.05, 3.63) is 54.4 Å². The zero-order valence-electron chi connectivity index (χ0n) is 13.5. The highest BCUT2D eigenvalue weighted by atomic mass is 15.1. The number of benzene rings is 1. The van der Waals surface area contributed by atoms with Gasteiger partial charge in [-0.25, -0.2) is 0 Å². The second-order valence-corrected chi connectivity index (χ2v) is 7.03. The Morgan fingerprint density at radius 1 is 1.18 bits per heavy atom. The van der Waals surface area contributed by atoms with Gasteiger partial charge in [-0.1, -0.05) is 32.0 Å². The van der Waals surface area contributed by atoms with E-state index in [-0.39, 0.29) is 5.41 Å². The number of rotatable bonds is 3. The molecule has 1 atom stereocenters. The van der Waals surface area contributed by atoms with E-state index in [1.54, 1.807) is 0 Å². The monoisotopic (exact) mass is 295 g/mol. The van der Waals surface area contributed by atoms with Crippen LogP contribution in [0.3, 0.4) is 0 Å². The van der Waals surface area contributed by atoms with Gasteiger partial charge in [0.15, 0.2) is 0 Å². The van der Waals surface area contributed by atoms with Gasteiger partial charge in [-0.2, -0.15) is 0 Å². The fourth-order valence-corrected chi connectivity index (χ4v) is 3.27. The molecule has 116 valence electrons. The Labute approximate surface area is 133 Å². The first-order valence-corrected chi connectivity index (χ1v) is 8.02. The van der Waals surface area contributed by atoms with Crippen LogP contribution in [-0.2, 0) is 6.54 Å². The Morgan fingerprint density at radius 2 is 1.95 bits per heavy atom. The van der Waals surface area contributed by atoms with Crippen LogP contribution in [-0.4, -0.2) is 29.0 Å². The molecule has 1 aliphatic heterocycles. The topological polar surface area (TPSA) is 42.2 Å². The third kappa shape index (κ3) is 3.37. The number of nitrogens with two attached hydrogens (primary N) is 1. The van der Waals surface area contributed by atoms with Gasteiger partial charge in [0.05, 0.1) is 0 Å². The Morgan fingerprint density at radius 3 is 2.68 bits per heavy atom. The number of piperidine rings is 1. The highest BCUT2D eigenvalue weighted by molar-refractivity contribution is 5.63. The molecular formula is C19H25N3. The smallest absolute Gasteiger partial charge is 0.0273 e. The zero-order chi connectivity index (χ0) is 15.6. The van der Waals surface area contributed by atoms with E-state index in [1.165, 1.54) is 16.7 Å². The van der Waals surface area contributed by atoms with Crippen LogP contribution < -0.4 is 5.73 Å². The predicted octanol–water partition coefficient (Wildman–Crippen LogP) is 3.31. The molecule has 1 aromatic heterocycles. The molecule has 0 saturated carbocycles. The first kappa shape index (κ1) is 15.2. The maximum Gasteiger partial charge on any atom is 0.0273 e. The van der Waals surface area contributed by atoms with E-state index < -0.39 is 0 Å². The van der Waals surface area contributed by atoms with E-state index in [2.05, 4.69) is 60.1 Å². The summed E-state index contributed by atoms with van der Waals surface area (Å²) in [5.74, 6) is 0. The lowest BCUT2D eigenvalue weighted by atomic mass is 9.79. The van der Waals surface area contributed by atoms with Crippen molar-refractivity contribution in [1.82, 2.24) is 9.88 Å². The number of likely N-dealkylation sites (tertiary alicyclic amines) is 1. The Bertz CT molecular complexity index is 622. The second-order valence-electron chi connectivity index (χ2n) is 7.03. The maximum atomic E-state index is 6.24. The van der Waals surface area contributed by atoms with E-state index in [4.69, 9.17) is 5.73 Å². The van der Waals surface area contributed by atoms with Crippen molar-refractivity contribution in [3.63, 3.8) is 0 Å². The number of pyridine rings is 1. The molecule has 3 rings (SSSR count). The molecule has 0 amide bonds. The minimum atomic E-state index is 0.195. The lowest BCUT2D eigenvalue weighted by Gasteiger charge is -2.42. The van der Waals surface area contributed by atoms with Crippen LogP contribution in [0.5, 0.6) is 0 Å². The van der Waals surface area contributed by atoms with Crippen LogP contribution in [0.2, 0.25) is 0 Å². The molecule has 0 bridgehead atoms. The van der Waals surface area contributed by atoms with E-state index in [1.807, 2.05) is 12.4 Å². The maximum absolute atomic E-state index is 6.24. The summed E-state index contributed by atoms with van der Waals surface area (Å²) in [5.41, 5.74) is 10.3. The van der Waals surface area contributed by atoms with Gasteiger partial charge in [-0.3, -0.25) is 9.88 Å². The normalized spacial score (nSPS) is 21.7. The van der Waals surface area contributed by atoms with Crippen molar-refractivity contribution in [2.24, 2.45) is 11.1 Å². The molecule has 22 heavy (non-hydrogen) atoms. The van der Waals surface area contributed by atoms with Crippen molar-refractivity contribution in [3.8, 4) is 11.1 Å². The molecule has 3 heteroatoms. The van der Waals surface area contributed by atoms with Gasteiger partial charge in [-0.15, -0.1) is 0 Å². The number of hydrogen-bond acceptors (Lipinski definition) is 3. The summed E-state index contributed by atoms with van der Waals surface area (Å²) >= 11 is 0. The molecular weight excluding hydrogens is 270 g/mol. The van der Waals surface area contributed by atoms with Crippen molar-refractivity contribution in [2.75, 3.05) is 13.1 Å². The molecule has 1 aliphatic rings. The summed E-state index contributed by atoms with van der Waals surface area (Å²) in [4.78, 5) is 6.61. The summed E-state index contributed by atoms with van der Waals surface area (Å²) in [6.07, 6.45) is 4.77. The van der Waals surface area contributed by atoms with Crippen LogP contribution in [0.4, 0.5) is 0 Å². The first-order chi connectivity index (χ1) is 10.5. The van der Waals surface area contributed by atoms with Crippen LogP contribution in [0.1, 0.15) is 25.8 Å². The molecule has 1 saturated heterocycles. The van der Waals surface area contributed by atoms with E-state index in [0.717, 1.165) is 26.1 Å². The van der Waals surface area contributed by atoms with Gasteiger partial charge in [0.25, 0.3) is 0 Å². The van der Waals surface area contributed by atoms with Gasteiger partial charge in [0.1, 0.15) is 0 Å². The van der Waals surface area contributed by atoms with E-state index >= 15 is 0 Å². The van der Waals surface area contributed by atoms with E-state index in [9.17, 15) is 0 Å². The van der Waals surface area contributed by atoms with Gasteiger partial charge in [0, 0.05) is 38.1 Å². The molecule has 1 unspecified atom stereocenters. The van der Waals surface area contributed by atoms with Crippen LogP contribution in [0.25, 0.3) is 11.1 Å². The van der Waals surface area contributed by atoms with Gasteiger partial charge < -0.3 is 5.73 Å². The summed E-state index contributed by atoms with van der Waals surface area (Å²) < 4.78 is 0. The third-order valence-electron chi connectivity index (χ3n) is 4.74.